The van der Waals surface area contributed by atoms with E-state index in [0.717, 1.165) is 40.7 Å². The Kier molecular flexibility index (Phi) is 5.95. The Hall–Kier alpha value is -4.58. The van der Waals surface area contributed by atoms with Gasteiger partial charge in [-0.05, 0) is 42.2 Å². The lowest BCUT2D eigenvalue weighted by atomic mass is 10.0. The maximum absolute atomic E-state index is 10.9. The van der Waals surface area contributed by atoms with Crippen LogP contribution < -0.4 is 0 Å². The summed E-state index contributed by atoms with van der Waals surface area (Å²) in [5.74, 6) is 0. The van der Waals surface area contributed by atoms with Gasteiger partial charge in [0.1, 0.15) is 5.69 Å². The van der Waals surface area contributed by atoms with Gasteiger partial charge in [0.15, 0.2) is 0 Å². The molecular formula is C28H22N4O2. The molecule has 0 fully saturated rings. The third-order valence-electron chi connectivity index (χ3n) is 5.79. The first-order valence-corrected chi connectivity index (χ1v) is 11.1. The number of fused-ring (bicyclic) bond motifs is 1. The first-order chi connectivity index (χ1) is 16.7. The van der Waals surface area contributed by atoms with Gasteiger partial charge in [-0.25, -0.2) is 0 Å². The predicted octanol–water partition coefficient (Wildman–Crippen LogP) is 7.94. The van der Waals surface area contributed by atoms with Gasteiger partial charge in [0.25, 0.3) is 5.69 Å². The molecule has 0 radical (unpaired) electrons. The van der Waals surface area contributed by atoms with Crippen LogP contribution >= 0.6 is 0 Å². The van der Waals surface area contributed by atoms with Crippen molar-refractivity contribution in [2.75, 3.05) is 0 Å². The number of nitrogens with zero attached hydrogens (tertiary/aromatic N) is 3. The van der Waals surface area contributed by atoms with Crippen LogP contribution in [-0.2, 0) is 12.8 Å². The molecule has 1 heterocycles. The molecule has 5 rings (SSSR count). The van der Waals surface area contributed by atoms with Crippen molar-refractivity contribution in [2.24, 2.45) is 10.2 Å². The lowest BCUT2D eigenvalue weighted by Gasteiger charge is -2.05. The molecule has 1 N–H and O–H groups in total. The number of nitrogens with one attached hydrogen (secondary N) is 1. The maximum Gasteiger partial charge on any atom is 0.269 e. The Balaban J connectivity index is 1.43. The Bertz CT molecular complexity index is 1450. The van der Waals surface area contributed by atoms with E-state index < -0.39 is 4.92 Å². The average molecular weight is 447 g/mol. The number of aryl methyl sites for hydroxylation is 2. The molecule has 0 aliphatic carbocycles. The molecule has 1 aromatic heterocycles. The summed E-state index contributed by atoms with van der Waals surface area (Å²) in [5.41, 5.74) is 6.82. The van der Waals surface area contributed by atoms with E-state index in [2.05, 4.69) is 63.7 Å². The van der Waals surface area contributed by atoms with Crippen molar-refractivity contribution >= 4 is 28.0 Å². The SMILES string of the molecule is O=[N+]([O-])c1ccc(N=Nc2c(-c3ccc(CCc4ccccc4)cc3)[nH]c3ccccc23)cc1. The molecule has 0 spiro atoms. The van der Waals surface area contributed by atoms with Crippen molar-refractivity contribution in [3.63, 3.8) is 0 Å². The number of hydrogen-bond donors (Lipinski definition) is 1. The van der Waals surface area contributed by atoms with Crippen molar-refractivity contribution in [3.8, 4) is 11.3 Å². The quantitative estimate of drug-likeness (QED) is 0.156. The van der Waals surface area contributed by atoms with Gasteiger partial charge in [-0.2, -0.15) is 5.11 Å². The number of non-ortho nitro benzene ring substituents is 1. The zero-order chi connectivity index (χ0) is 23.3. The van der Waals surface area contributed by atoms with E-state index in [0.29, 0.717) is 5.69 Å². The molecule has 0 bridgehead atoms. The third kappa shape index (κ3) is 4.61. The van der Waals surface area contributed by atoms with Gasteiger partial charge in [0.05, 0.1) is 16.3 Å². The number of nitro benzene ring substituents is 1. The van der Waals surface area contributed by atoms with Crippen LogP contribution in [0.4, 0.5) is 17.1 Å². The Morgan fingerprint density at radius 2 is 1.35 bits per heavy atom. The maximum atomic E-state index is 10.9. The summed E-state index contributed by atoms with van der Waals surface area (Å²) >= 11 is 0. The number of benzene rings is 4. The van der Waals surface area contributed by atoms with Crippen molar-refractivity contribution < 1.29 is 4.92 Å². The first kappa shape index (κ1) is 21.3. The molecule has 0 unspecified atom stereocenters. The van der Waals surface area contributed by atoms with Gasteiger partial charge in [-0.15, -0.1) is 5.11 Å². The summed E-state index contributed by atoms with van der Waals surface area (Å²) in [7, 11) is 0. The molecule has 6 nitrogen and oxygen atoms in total. The summed E-state index contributed by atoms with van der Waals surface area (Å²) in [5, 5.41) is 20.7. The fourth-order valence-corrected chi connectivity index (χ4v) is 3.96. The third-order valence-corrected chi connectivity index (χ3v) is 5.79. The van der Waals surface area contributed by atoms with Crippen LogP contribution in [0.2, 0.25) is 0 Å². The van der Waals surface area contributed by atoms with Gasteiger partial charge < -0.3 is 4.98 Å². The summed E-state index contributed by atoms with van der Waals surface area (Å²) in [6, 6.07) is 33.0. The fraction of sp³-hybridized carbons (Fsp3) is 0.0714. The molecule has 0 saturated carbocycles. The zero-order valence-electron chi connectivity index (χ0n) is 18.4. The smallest absolute Gasteiger partial charge is 0.269 e. The molecule has 0 saturated heterocycles. The molecule has 0 aliphatic rings. The average Bonchev–Trinajstić information content (AvgIpc) is 3.26. The van der Waals surface area contributed by atoms with E-state index in [4.69, 9.17) is 0 Å². The summed E-state index contributed by atoms with van der Waals surface area (Å²) in [4.78, 5) is 13.9. The van der Waals surface area contributed by atoms with Gasteiger partial charge >= 0.3 is 0 Å². The highest BCUT2D eigenvalue weighted by atomic mass is 16.6. The topological polar surface area (TPSA) is 83.7 Å². The highest BCUT2D eigenvalue weighted by Gasteiger charge is 2.13. The number of rotatable bonds is 7. The van der Waals surface area contributed by atoms with E-state index in [1.807, 2.05) is 30.3 Å². The number of aromatic amines is 1. The first-order valence-electron chi connectivity index (χ1n) is 11.1. The minimum Gasteiger partial charge on any atom is -0.353 e. The minimum absolute atomic E-state index is 0.0269. The second kappa shape index (κ2) is 9.50. The largest absolute Gasteiger partial charge is 0.353 e. The number of aromatic nitrogens is 1. The van der Waals surface area contributed by atoms with Gasteiger partial charge in [-0.1, -0.05) is 72.8 Å². The van der Waals surface area contributed by atoms with Gasteiger partial charge in [0, 0.05) is 28.6 Å². The van der Waals surface area contributed by atoms with E-state index in [1.54, 1.807) is 12.1 Å². The highest BCUT2D eigenvalue weighted by molar-refractivity contribution is 5.99. The van der Waals surface area contributed by atoms with Crippen LogP contribution in [0.15, 0.2) is 113 Å². The van der Waals surface area contributed by atoms with E-state index in [-0.39, 0.29) is 5.69 Å². The zero-order valence-corrected chi connectivity index (χ0v) is 18.4. The van der Waals surface area contributed by atoms with Crippen LogP contribution in [-0.4, -0.2) is 9.91 Å². The molecule has 5 aromatic rings. The second-order valence-electron chi connectivity index (χ2n) is 8.05. The van der Waals surface area contributed by atoms with Gasteiger partial charge in [0.2, 0.25) is 0 Å². The van der Waals surface area contributed by atoms with Crippen LogP contribution in [0.25, 0.3) is 22.2 Å². The monoisotopic (exact) mass is 446 g/mol. The molecule has 0 amide bonds. The number of hydrogen-bond acceptors (Lipinski definition) is 4. The van der Waals surface area contributed by atoms with Crippen LogP contribution in [0.1, 0.15) is 11.1 Å². The van der Waals surface area contributed by atoms with E-state index in [1.165, 1.54) is 23.3 Å². The molecular weight excluding hydrogens is 424 g/mol. The van der Waals surface area contributed by atoms with Gasteiger partial charge in [-0.3, -0.25) is 10.1 Å². The van der Waals surface area contributed by atoms with E-state index >= 15 is 0 Å². The van der Waals surface area contributed by atoms with Crippen molar-refractivity contribution in [1.29, 1.82) is 0 Å². The number of H-pyrrole nitrogens is 1. The van der Waals surface area contributed by atoms with Crippen molar-refractivity contribution in [3.05, 3.63) is 124 Å². The second-order valence-corrected chi connectivity index (χ2v) is 8.05. The van der Waals surface area contributed by atoms with Crippen LogP contribution in [0.3, 0.4) is 0 Å². The number of para-hydroxylation sites is 1. The summed E-state index contributed by atoms with van der Waals surface area (Å²) < 4.78 is 0. The lowest BCUT2D eigenvalue weighted by molar-refractivity contribution is -0.384. The summed E-state index contributed by atoms with van der Waals surface area (Å²) in [6.07, 6.45) is 1.98. The standard InChI is InChI=1S/C28H22N4O2/c33-32(34)24-18-16-23(17-19-24)30-31-28-25-8-4-5-9-26(25)29-27(28)22-14-12-21(13-15-22)11-10-20-6-2-1-3-7-20/h1-9,12-19,29H,10-11H2. The fourth-order valence-electron chi connectivity index (χ4n) is 3.96. The molecule has 6 heteroatoms. The molecule has 0 aliphatic heterocycles. The normalized spacial score (nSPS) is 11.3. The molecule has 4 aromatic carbocycles. The number of nitro groups is 1. The van der Waals surface area contributed by atoms with Crippen molar-refractivity contribution in [2.45, 2.75) is 12.8 Å². The Morgan fingerprint density at radius 3 is 2.06 bits per heavy atom. The molecule has 34 heavy (non-hydrogen) atoms. The van der Waals surface area contributed by atoms with Crippen molar-refractivity contribution in [1.82, 2.24) is 4.98 Å². The minimum atomic E-state index is -0.428. The Morgan fingerprint density at radius 1 is 0.706 bits per heavy atom. The van der Waals surface area contributed by atoms with E-state index in [9.17, 15) is 10.1 Å². The number of azo groups is 1. The molecule has 0 atom stereocenters. The van der Waals surface area contributed by atoms with Crippen LogP contribution in [0, 0.1) is 10.1 Å². The van der Waals surface area contributed by atoms with Crippen LogP contribution in [0.5, 0.6) is 0 Å². The predicted molar refractivity (Wildman–Crippen MR) is 135 cm³/mol. The highest BCUT2D eigenvalue weighted by Crippen LogP contribution is 2.38. The Labute approximate surface area is 196 Å². The lowest BCUT2D eigenvalue weighted by Crippen LogP contribution is -1.91. The summed E-state index contributed by atoms with van der Waals surface area (Å²) in [6.45, 7) is 0. The molecule has 166 valence electrons.